The summed E-state index contributed by atoms with van der Waals surface area (Å²) in [7, 11) is 0. The Morgan fingerprint density at radius 3 is 2.57 bits per heavy atom. The van der Waals surface area contributed by atoms with Gasteiger partial charge in [0, 0.05) is 17.3 Å². The fourth-order valence-corrected chi connectivity index (χ4v) is 3.77. The lowest BCUT2D eigenvalue weighted by Gasteiger charge is -2.38. The third-order valence-corrected chi connectivity index (χ3v) is 5.32. The first-order valence-corrected chi connectivity index (χ1v) is 9.37. The molecule has 2 aromatic heterocycles. The molecule has 0 bridgehead atoms. The molecule has 10 nitrogen and oxygen atoms in total. The number of hydrogen-bond acceptors (Lipinski definition) is 5. The quantitative estimate of drug-likeness (QED) is 0.675. The maximum atomic E-state index is 11.8. The SMILES string of the molecule is Cc1noc(C)c1Cn1cc(-c2ccc3c(c2)N(C(=O)O)C[C@H](C)N3C(=O)O)cn1. The number of carbonyl (C=O) groups is 2. The van der Waals surface area contributed by atoms with Crippen LogP contribution in [0.25, 0.3) is 11.1 Å². The van der Waals surface area contributed by atoms with Crippen molar-refractivity contribution < 1.29 is 24.3 Å². The molecule has 3 aromatic rings. The Labute approximate surface area is 171 Å². The van der Waals surface area contributed by atoms with E-state index >= 15 is 0 Å². The van der Waals surface area contributed by atoms with Gasteiger partial charge in [-0.15, -0.1) is 0 Å². The predicted octanol–water partition coefficient (Wildman–Crippen LogP) is 3.57. The minimum atomic E-state index is -1.13. The van der Waals surface area contributed by atoms with E-state index in [4.69, 9.17) is 4.52 Å². The number of benzene rings is 1. The van der Waals surface area contributed by atoms with E-state index in [2.05, 4.69) is 10.3 Å². The smallest absolute Gasteiger partial charge is 0.412 e. The highest BCUT2D eigenvalue weighted by molar-refractivity contribution is 6.00. The summed E-state index contributed by atoms with van der Waals surface area (Å²) in [6, 6.07) is 4.59. The molecule has 30 heavy (non-hydrogen) atoms. The van der Waals surface area contributed by atoms with Crippen molar-refractivity contribution in [2.45, 2.75) is 33.4 Å². The molecule has 0 aliphatic carbocycles. The summed E-state index contributed by atoms with van der Waals surface area (Å²) in [5.74, 6) is 0.735. The number of nitrogens with zero attached hydrogens (tertiary/aromatic N) is 5. The van der Waals surface area contributed by atoms with Gasteiger partial charge >= 0.3 is 12.2 Å². The molecule has 1 aliphatic heterocycles. The zero-order valence-corrected chi connectivity index (χ0v) is 16.7. The third kappa shape index (κ3) is 3.25. The molecule has 3 heterocycles. The van der Waals surface area contributed by atoms with Gasteiger partial charge < -0.3 is 14.7 Å². The maximum absolute atomic E-state index is 11.8. The van der Waals surface area contributed by atoms with Crippen molar-refractivity contribution in [1.82, 2.24) is 14.9 Å². The number of carboxylic acid groups (broad SMARTS) is 2. The van der Waals surface area contributed by atoms with Gasteiger partial charge in [0.1, 0.15) is 5.76 Å². The van der Waals surface area contributed by atoms with Gasteiger partial charge in [0.25, 0.3) is 0 Å². The number of rotatable bonds is 3. The van der Waals surface area contributed by atoms with E-state index in [0.717, 1.165) is 28.1 Å². The van der Waals surface area contributed by atoms with E-state index in [1.807, 2.05) is 20.0 Å². The van der Waals surface area contributed by atoms with Gasteiger partial charge in [-0.05, 0) is 38.5 Å². The zero-order valence-electron chi connectivity index (χ0n) is 16.7. The van der Waals surface area contributed by atoms with Crippen molar-refractivity contribution >= 4 is 23.6 Å². The molecule has 1 aliphatic rings. The van der Waals surface area contributed by atoms with E-state index in [1.54, 1.807) is 36.0 Å². The molecule has 0 spiro atoms. The second-order valence-corrected chi connectivity index (χ2v) is 7.33. The molecule has 0 fully saturated rings. The Morgan fingerprint density at radius 2 is 1.93 bits per heavy atom. The molecule has 0 unspecified atom stereocenters. The van der Waals surface area contributed by atoms with Crippen molar-refractivity contribution in [1.29, 1.82) is 0 Å². The van der Waals surface area contributed by atoms with Gasteiger partial charge in [-0.25, -0.2) is 9.59 Å². The zero-order chi connectivity index (χ0) is 21.6. The van der Waals surface area contributed by atoms with Crippen LogP contribution in [-0.2, 0) is 6.54 Å². The fourth-order valence-electron chi connectivity index (χ4n) is 3.77. The molecule has 2 amide bonds. The van der Waals surface area contributed by atoms with Gasteiger partial charge in [-0.1, -0.05) is 11.2 Å². The standard InChI is InChI=1S/C20H21N5O5/c1-11-8-24(19(26)27)18-6-14(4-5-17(18)25(11)20(28)29)15-7-21-23(9-15)10-16-12(2)22-30-13(16)3/h4-7,9,11H,8,10H2,1-3H3,(H,26,27)(H,28,29)/t11-/m0/s1. The first kappa shape index (κ1) is 19.5. The summed E-state index contributed by atoms with van der Waals surface area (Å²) in [6.45, 7) is 5.95. The molecule has 1 aromatic carbocycles. The molecule has 0 radical (unpaired) electrons. The Morgan fingerprint density at radius 1 is 1.17 bits per heavy atom. The third-order valence-electron chi connectivity index (χ3n) is 5.32. The van der Waals surface area contributed by atoms with Crippen molar-refractivity contribution in [2.24, 2.45) is 0 Å². The van der Waals surface area contributed by atoms with E-state index in [9.17, 15) is 19.8 Å². The van der Waals surface area contributed by atoms with Gasteiger partial charge in [-0.2, -0.15) is 5.10 Å². The first-order chi connectivity index (χ1) is 14.3. The van der Waals surface area contributed by atoms with Gasteiger partial charge in [0.2, 0.25) is 0 Å². The van der Waals surface area contributed by atoms with Crippen LogP contribution in [0.5, 0.6) is 0 Å². The summed E-state index contributed by atoms with van der Waals surface area (Å²) in [4.78, 5) is 25.8. The summed E-state index contributed by atoms with van der Waals surface area (Å²) in [5, 5.41) is 27.5. The minimum Gasteiger partial charge on any atom is -0.465 e. The Hall–Kier alpha value is -3.82. The topological polar surface area (TPSA) is 125 Å². The maximum Gasteiger partial charge on any atom is 0.412 e. The number of anilines is 2. The average molecular weight is 411 g/mol. The molecule has 4 rings (SSSR count). The Kier molecular flexibility index (Phi) is 4.69. The van der Waals surface area contributed by atoms with Gasteiger partial charge in [-0.3, -0.25) is 14.5 Å². The van der Waals surface area contributed by atoms with Crippen LogP contribution in [0, 0.1) is 13.8 Å². The highest BCUT2D eigenvalue weighted by Crippen LogP contribution is 2.38. The van der Waals surface area contributed by atoms with Crippen LogP contribution in [0.4, 0.5) is 21.0 Å². The molecular weight excluding hydrogens is 390 g/mol. The second-order valence-electron chi connectivity index (χ2n) is 7.33. The molecule has 0 saturated carbocycles. The van der Waals surface area contributed by atoms with Crippen molar-refractivity contribution in [3.05, 3.63) is 47.6 Å². The molecule has 10 heteroatoms. The second kappa shape index (κ2) is 7.21. The monoisotopic (exact) mass is 411 g/mol. The molecular formula is C20H21N5O5. The highest BCUT2D eigenvalue weighted by atomic mass is 16.5. The average Bonchev–Trinajstić information content (AvgIpc) is 3.28. The molecule has 2 N–H and O–H groups in total. The summed E-state index contributed by atoms with van der Waals surface area (Å²) < 4.78 is 6.94. The largest absolute Gasteiger partial charge is 0.465 e. The minimum absolute atomic E-state index is 0.0589. The molecule has 0 saturated heterocycles. The van der Waals surface area contributed by atoms with Crippen LogP contribution >= 0.6 is 0 Å². The summed E-state index contributed by atoms with van der Waals surface area (Å²) >= 11 is 0. The number of fused-ring (bicyclic) bond motifs is 1. The lowest BCUT2D eigenvalue weighted by atomic mass is 10.0. The number of aromatic nitrogens is 3. The molecule has 1 atom stereocenters. The van der Waals surface area contributed by atoms with E-state index in [0.29, 0.717) is 17.9 Å². The van der Waals surface area contributed by atoms with Crippen LogP contribution in [0.1, 0.15) is 23.9 Å². The van der Waals surface area contributed by atoms with Crippen molar-refractivity contribution in [3.63, 3.8) is 0 Å². The van der Waals surface area contributed by atoms with Crippen molar-refractivity contribution in [2.75, 3.05) is 16.3 Å². The van der Waals surface area contributed by atoms with Crippen LogP contribution in [0.15, 0.2) is 35.1 Å². The molecule has 156 valence electrons. The van der Waals surface area contributed by atoms with E-state index < -0.39 is 18.2 Å². The van der Waals surface area contributed by atoms with Crippen LogP contribution in [0.3, 0.4) is 0 Å². The van der Waals surface area contributed by atoms with Crippen LogP contribution in [-0.4, -0.2) is 49.9 Å². The normalized spacial score (nSPS) is 15.9. The Balaban J connectivity index is 1.70. The summed E-state index contributed by atoms with van der Waals surface area (Å²) in [6.07, 6.45) is 1.29. The fraction of sp³-hybridized carbons (Fsp3) is 0.300. The number of hydrogen-bond donors (Lipinski definition) is 2. The lowest BCUT2D eigenvalue weighted by molar-refractivity contribution is 0.194. The van der Waals surface area contributed by atoms with Crippen molar-refractivity contribution in [3.8, 4) is 11.1 Å². The van der Waals surface area contributed by atoms with E-state index in [-0.39, 0.29) is 6.54 Å². The first-order valence-electron chi connectivity index (χ1n) is 9.37. The number of amides is 2. The Bertz CT molecular complexity index is 1120. The summed E-state index contributed by atoms with van der Waals surface area (Å²) in [5.41, 5.74) is 3.96. The highest BCUT2D eigenvalue weighted by Gasteiger charge is 2.35. The van der Waals surface area contributed by atoms with E-state index in [1.165, 1.54) is 9.80 Å². The predicted molar refractivity (Wildman–Crippen MR) is 108 cm³/mol. The van der Waals surface area contributed by atoms with Crippen LogP contribution in [0.2, 0.25) is 0 Å². The van der Waals surface area contributed by atoms with Crippen LogP contribution < -0.4 is 9.80 Å². The number of aryl methyl sites for hydroxylation is 2. The van der Waals surface area contributed by atoms with Gasteiger partial charge in [0.15, 0.2) is 0 Å². The van der Waals surface area contributed by atoms with Gasteiger partial charge in [0.05, 0.1) is 42.4 Å². The lowest BCUT2D eigenvalue weighted by Crippen LogP contribution is -2.51.